The van der Waals surface area contributed by atoms with Crippen molar-refractivity contribution in [1.29, 1.82) is 0 Å². The van der Waals surface area contributed by atoms with E-state index in [1.165, 1.54) is 36.4 Å². The van der Waals surface area contributed by atoms with Gasteiger partial charge in [-0.05, 0) is 12.0 Å². The number of hydrogen-bond acceptors (Lipinski definition) is 8. The number of aliphatic hydroxyl groups excluding tert-OH is 1. The first-order chi connectivity index (χ1) is 17.3. The number of ether oxygens (including phenoxy) is 1. The Labute approximate surface area is 201 Å². The van der Waals surface area contributed by atoms with Crippen molar-refractivity contribution in [3.8, 4) is 34.3 Å². The monoisotopic (exact) mass is 500 g/mol. The number of aliphatic hydroxyl groups is 1. The van der Waals surface area contributed by atoms with Crippen molar-refractivity contribution in [3.05, 3.63) is 65.7 Å². The molecule has 3 heterocycles. The fraction of sp³-hybridized carbons (Fsp3) is 0.250. The molecule has 36 heavy (non-hydrogen) atoms. The van der Waals surface area contributed by atoms with Gasteiger partial charge in [0.05, 0.1) is 12.6 Å². The first-order valence-corrected chi connectivity index (χ1v) is 10.9. The maximum Gasteiger partial charge on any atom is 0.422 e. The number of hydrogen-bond donors (Lipinski definition) is 2. The molecule has 12 heteroatoms. The highest BCUT2D eigenvalue weighted by atomic mass is 19.4. The molecule has 1 fully saturated rings. The standard InChI is InChI=1S/C24H19F3N4O5/c25-24(26,27)17-18(13-4-2-1-3-5-13)30-35-20(17)23-29-21(31-36-23)15-8-6-14(7-9-15)19(32)22(33)28-16-10-11-34-12-16/h1-9,16,19,32H,10-12H2,(H,28,33)/t16-,19-/m1/s1. The van der Waals surface area contributed by atoms with Crippen LogP contribution in [0, 0.1) is 0 Å². The van der Waals surface area contributed by atoms with E-state index in [1.54, 1.807) is 18.2 Å². The molecule has 1 aliphatic heterocycles. The molecule has 1 saturated heterocycles. The highest BCUT2D eigenvalue weighted by Gasteiger charge is 2.43. The minimum absolute atomic E-state index is 0.00983. The van der Waals surface area contributed by atoms with E-state index in [2.05, 4.69) is 20.6 Å². The number of aromatic nitrogens is 3. The number of benzene rings is 2. The van der Waals surface area contributed by atoms with Crippen molar-refractivity contribution in [3.63, 3.8) is 0 Å². The van der Waals surface area contributed by atoms with Gasteiger partial charge in [0.1, 0.15) is 11.3 Å². The highest BCUT2D eigenvalue weighted by molar-refractivity contribution is 5.82. The quantitative estimate of drug-likeness (QED) is 0.407. The van der Waals surface area contributed by atoms with Gasteiger partial charge in [-0.2, -0.15) is 18.2 Å². The molecule has 0 unspecified atom stereocenters. The van der Waals surface area contributed by atoms with Gasteiger partial charge in [0.2, 0.25) is 11.6 Å². The molecule has 0 saturated carbocycles. The van der Waals surface area contributed by atoms with Crippen LogP contribution in [0.3, 0.4) is 0 Å². The first kappa shape index (κ1) is 23.7. The third kappa shape index (κ3) is 4.72. The third-order valence-electron chi connectivity index (χ3n) is 5.65. The first-order valence-electron chi connectivity index (χ1n) is 10.9. The number of nitrogens with one attached hydrogen (secondary N) is 1. The van der Waals surface area contributed by atoms with Crippen molar-refractivity contribution < 1.29 is 36.9 Å². The van der Waals surface area contributed by atoms with Crippen LogP contribution in [-0.4, -0.2) is 45.6 Å². The molecule has 4 aromatic rings. The van der Waals surface area contributed by atoms with Gasteiger partial charge < -0.3 is 24.2 Å². The van der Waals surface area contributed by atoms with E-state index in [4.69, 9.17) is 13.8 Å². The van der Waals surface area contributed by atoms with Crippen LogP contribution in [0.5, 0.6) is 0 Å². The van der Waals surface area contributed by atoms with Crippen molar-refractivity contribution >= 4 is 5.91 Å². The molecule has 2 atom stereocenters. The van der Waals surface area contributed by atoms with Crippen LogP contribution in [0.4, 0.5) is 13.2 Å². The summed E-state index contributed by atoms with van der Waals surface area (Å²) < 4.78 is 57.0. The van der Waals surface area contributed by atoms with Gasteiger partial charge in [-0.25, -0.2) is 0 Å². The third-order valence-corrected chi connectivity index (χ3v) is 5.65. The SMILES string of the molecule is O=C(N[C@@H]1CCOC1)[C@H](O)c1ccc(-c2noc(-c3onc(-c4ccccc4)c3C(F)(F)F)n2)cc1. The average Bonchev–Trinajstić information content (AvgIpc) is 3.64. The lowest BCUT2D eigenvalue weighted by atomic mass is 10.1. The second-order valence-electron chi connectivity index (χ2n) is 8.12. The summed E-state index contributed by atoms with van der Waals surface area (Å²) in [4.78, 5) is 16.3. The Morgan fingerprint density at radius 3 is 2.44 bits per heavy atom. The average molecular weight is 500 g/mol. The molecule has 5 rings (SSSR count). The van der Waals surface area contributed by atoms with Crippen molar-refractivity contribution in [1.82, 2.24) is 20.6 Å². The Hall–Kier alpha value is -4.03. The molecule has 0 bridgehead atoms. The van der Waals surface area contributed by atoms with E-state index < -0.39 is 41.1 Å². The molecule has 0 spiro atoms. The van der Waals surface area contributed by atoms with Crippen molar-refractivity contribution in [2.45, 2.75) is 24.7 Å². The van der Waals surface area contributed by atoms with E-state index in [9.17, 15) is 23.1 Å². The highest BCUT2D eigenvalue weighted by Crippen LogP contribution is 2.43. The number of carbonyl (C=O) groups excluding carboxylic acids is 1. The van der Waals surface area contributed by atoms with E-state index in [-0.39, 0.29) is 17.4 Å². The summed E-state index contributed by atoms with van der Waals surface area (Å²) in [5.41, 5.74) is -0.583. The summed E-state index contributed by atoms with van der Waals surface area (Å²) >= 11 is 0. The lowest BCUT2D eigenvalue weighted by Crippen LogP contribution is -2.38. The van der Waals surface area contributed by atoms with Gasteiger partial charge in [0.15, 0.2) is 6.10 Å². The molecule has 186 valence electrons. The van der Waals surface area contributed by atoms with Crippen LogP contribution in [0.15, 0.2) is 63.6 Å². The van der Waals surface area contributed by atoms with Gasteiger partial charge in [-0.1, -0.05) is 64.9 Å². The van der Waals surface area contributed by atoms with E-state index >= 15 is 0 Å². The lowest BCUT2D eigenvalue weighted by Gasteiger charge is -2.15. The number of alkyl halides is 3. The molecule has 9 nitrogen and oxygen atoms in total. The van der Waals surface area contributed by atoms with E-state index in [1.807, 2.05) is 0 Å². The largest absolute Gasteiger partial charge is 0.422 e. The Morgan fingerprint density at radius 2 is 1.78 bits per heavy atom. The maximum absolute atomic E-state index is 13.9. The van der Waals surface area contributed by atoms with Crippen LogP contribution in [0.1, 0.15) is 23.7 Å². The molecule has 1 amide bonds. The maximum atomic E-state index is 13.9. The molecule has 0 aliphatic carbocycles. The van der Waals surface area contributed by atoms with Crippen LogP contribution in [0.25, 0.3) is 34.3 Å². The number of amides is 1. The predicted octanol–water partition coefficient (Wildman–Crippen LogP) is 4.02. The Morgan fingerprint density at radius 1 is 1.03 bits per heavy atom. The fourth-order valence-corrected chi connectivity index (χ4v) is 3.82. The predicted molar refractivity (Wildman–Crippen MR) is 118 cm³/mol. The number of nitrogens with zero attached hydrogens (tertiary/aromatic N) is 3. The summed E-state index contributed by atoms with van der Waals surface area (Å²) in [5.74, 6) is -1.75. The Balaban J connectivity index is 1.38. The van der Waals surface area contributed by atoms with Gasteiger partial charge >= 0.3 is 6.18 Å². The van der Waals surface area contributed by atoms with Crippen molar-refractivity contribution in [2.75, 3.05) is 13.2 Å². The normalized spacial score (nSPS) is 16.7. The molecule has 2 aromatic heterocycles. The van der Waals surface area contributed by atoms with Crippen molar-refractivity contribution in [2.24, 2.45) is 0 Å². The summed E-state index contributed by atoms with van der Waals surface area (Å²) in [6.45, 7) is 0.945. The zero-order valence-electron chi connectivity index (χ0n) is 18.5. The lowest BCUT2D eigenvalue weighted by molar-refractivity contribution is -0.137. The van der Waals surface area contributed by atoms with E-state index in [0.717, 1.165) is 0 Å². The second-order valence-corrected chi connectivity index (χ2v) is 8.12. The fourth-order valence-electron chi connectivity index (χ4n) is 3.82. The summed E-state index contributed by atoms with van der Waals surface area (Å²) in [7, 11) is 0. The van der Waals surface area contributed by atoms with E-state index in [0.29, 0.717) is 30.8 Å². The minimum atomic E-state index is -4.79. The van der Waals surface area contributed by atoms with Gasteiger partial charge in [-0.3, -0.25) is 4.79 Å². The topological polar surface area (TPSA) is 124 Å². The Kier molecular flexibility index (Phi) is 6.29. The second kappa shape index (κ2) is 9.55. The summed E-state index contributed by atoms with van der Waals surface area (Å²) in [5, 5.41) is 20.4. The molecule has 0 radical (unpaired) electrons. The summed E-state index contributed by atoms with van der Waals surface area (Å²) in [6.07, 6.45) is -5.52. The van der Waals surface area contributed by atoms with Crippen LogP contribution < -0.4 is 5.32 Å². The number of carbonyl (C=O) groups is 1. The van der Waals surface area contributed by atoms with Gasteiger partial charge in [0.25, 0.3) is 11.8 Å². The molecule has 2 aromatic carbocycles. The number of halogens is 3. The number of rotatable bonds is 6. The molecule has 2 N–H and O–H groups in total. The van der Waals surface area contributed by atoms with Crippen LogP contribution >= 0.6 is 0 Å². The van der Waals surface area contributed by atoms with Gasteiger partial charge in [-0.15, -0.1) is 0 Å². The van der Waals surface area contributed by atoms with Gasteiger partial charge in [0, 0.05) is 17.7 Å². The Bertz CT molecular complexity index is 1350. The van der Waals surface area contributed by atoms with Crippen LogP contribution in [0.2, 0.25) is 0 Å². The molecule has 1 aliphatic rings. The van der Waals surface area contributed by atoms with Crippen LogP contribution in [-0.2, 0) is 15.7 Å². The minimum Gasteiger partial charge on any atom is -0.379 e. The zero-order valence-corrected chi connectivity index (χ0v) is 18.5. The molecular weight excluding hydrogens is 481 g/mol. The molecular formula is C24H19F3N4O5. The zero-order chi connectivity index (χ0) is 25.3. The smallest absolute Gasteiger partial charge is 0.379 e. The summed E-state index contributed by atoms with van der Waals surface area (Å²) in [6, 6.07) is 13.7.